The maximum Gasteiger partial charge on any atom is 0.246 e. The molecule has 0 aliphatic rings. The summed E-state index contributed by atoms with van der Waals surface area (Å²) in [7, 11) is -3.78. The van der Waals surface area contributed by atoms with E-state index < -0.39 is 16.1 Å². The molecule has 3 rings (SSSR count). The average Bonchev–Trinajstić information content (AvgIpc) is 2.94. The first-order valence-electron chi connectivity index (χ1n) is 7.54. The molecule has 0 aliphatic carbocycles. The zero-order valence-electron chi connectivity index (χ0n) is 13.4. The molecule has 3 aromatic rings. The van der Waals surface area contributed by atoms with Crippen LogP contribution in [0.2, 0.25) is 0 Å². The van der Waals surface area contributed by atoms with Crippen molar-refractivity contribution in [1.29, 1.82) is 0 Å². The van der Waals surface area contributed by atoms with Gasteiger partial charge in [0, 0.05) is 0 Å². The van der Waals surface area contributed by atoms with Crippen molar-refractivity contribution in [3.63, 3.8) is 0 Å². The van der Waals surface area contributed by atoms with E-state index in [4.69, 9.17) is 4.52 Å². The van der Waals surface area contributed by atoms with Gasteiger partial charge in [-0.15, -0.1) is 0 Å². The largest absolute Gasteiger partial charge is 0.360 e. The fourth-order valence-electron chi connectivity index (χ4n) is 2.69. The Morgan fingerprint density at radius 2 is 1.42 bits per heavy atom. The molecule has 1 N–H and O–H groups in total. The lowest BCUT2D eigenvalue weighted by atomic mass is 10.00. The molecule has 0 atom stereocenters. The monoisotopic (exact) mass is 342 g/mol. The third-order valence-electron chi connectivity index (χ3n) is 3.78. The summed E-state index contributed by atoms with van der Waals surface area (Å²) in [4.78, 5) is 0.0966. The van der Waals surface area contributed by atoms with Gasteiger partial charge in [-0.25, -0.2) is 8.42 Å². The minimum Gasteiger partial charge on any atom is -0.360 e. The van der Waals surface area contributed by atoms with Gasteiger partial charge >= 0.3 is 0 Å². The standard InChI is InChI=1S/C18H18N2O3S/c1-13-18(14(2)23-19-13)24(21,22)20-17(15-9-5-3-6-10-15)16-11-7-4-8-12-16/h3-12,17,20H,1-2H3. The summed E-state index contributed by atoms with van der Waals surface area (Å²) in [5, 5.41) is 3.74. The quantitative estimate of drug-likeness (QED) is 0.772. The van der Waals surface area contributed by atoms with Gasteiger partial charge < -0.3 is 4.52 Å². The van der Waals surface area contributed by atoms with Crippen molar-refractivity contribution in [1.82, 2.24) is 9.88 Å². The van der Waals surface area contributed by atoms with Crippen LogP contribution in [0.1, 0.15) is 28.6 Å². The number of sulfonamides is 1. The van der Waals surface area contributed by atoms with Crippen LogP contribution in [0.3, 0.4) is 0 Å². The molecule has 0 spiro atoms. The second-order valence-electron chi connectivity index (χ2n) is 5.53. The van der Waals surface area contributed by atoms with Gasteiger partial charge in [-0.2, -0.15) is 4.72 Å². The minimum absolute atomic E-state index is 0.0966. The van der Waals surface area contributed by atoms with E-state index in [2.05, 4.69) is 9.88 Å². The molecule has 0 aliphatic heterocycles. The zero-order valence-corrected chi connectivity index (χ0v) is 14.2. The number of nitrogens with one attached hydrogen (secondary N) is 1. The first-order valence-corrected chi connectivity index (χ1v) is 9.02. The summed E-state index contributed by atoms with van der Waals surface area (Å²) < 4.78 is 33.5. The minimum atomic E-state index is -3.78. The zero-order chi connectivity index (χ0) is 17.2. The lowest BCUT2D eigenvalue weighted by molar-refractivity contribution is 0.390. The van der Waals surface area contributed by atoms with Crippen LogP contribution in [-0.4, -0.2) is 13.6 Å². The molecule has 124 valence electrons. The number of rotatable bonds is 5. The summed E-state index contributed by atoms with van der Waals surface area (Å²) in [5.41, 5.74) is 2.07. The Balaban J connectivity index is 2.05. The molecule has 0 amide bonds. The van der Waals surface area contributed by atoms with Crippen molar-refractivity contribution in [3.8, 4) is 0 Å². The highest BCUT2D eigenvalue weighted by Crippen LogP contribution is 2.26. The van der Waals surface area contributed by atoms with Crippen molar-refractivity contribution >= 4 is 10.0 Å². The Kier molecular flexibility index (Phi) is 4.51. The summed E-state index contributed by atoms with van der Waals surface area (Å²) in [6, 6.07) is 18.4. The van der Waals surface area contributed by atoms with Crippen LogP contribution in [0.15, 0.2) is 70.1 Å². The second kappa shape index (κ2) is 6.59. The Morgan fingerprint density at radius 1 is 0.917 bits per heavy atom. The van der Waals surface area contributed by atoms with Gasteiger partial charge in [-0.1, -0.05) is 65.8 Å². The lowest BCUT2D eigenvalue weighted by Gasteiger charge is -2.19. The predicted octanol–water partition coefficient (Wildman–Crippen LogP) is 3.36. The van der Waals surface area contributed by atoms with Crippen molar-refractivity contribution in [3.05, 3.63) is 83.2 Å². The number of aryl methyl sites for hydroxylation is 2. The Morgan fingerprint density at radius 3 is 1.83 bits per heavy atom. The van der Waals surface area contributed by atoms with E-state index in [1.807, 2.05) is 60.7 Å². The van der Waals surface area contributed by atoms with Crippen LogP contribution in [0, 0.1) is 13.8 Å². The Labute approximate surface area is 141 Å². The molecule has 0 unspecified atom stereocenters. The Hall–Kier alpha value is -2.44. The van der Waals surface area contributed by atoms with Crippen LogP contribution in [-0.2, 0) is 10.0 Å². The molecular weight excluding hydrogens is 324 g/mol. The normalized spacial score (nSPS) is 11.8. The number of hydrogen-bond donors (Lipinski definition) is 1. The summed E-state index contributed by atoms with van der Waals surface area (Å²) in [6.07, 6.45) is 0. The van der Waals surface area contributed by atoms with Crippen molar-refractivity contribution in [2.45, 2.75) is 24.8 Å². The van der Waals surface area contributed by atoms with E-state index in [1.165, 1.54) is 0 Å². The topological polar surface area (TPSA) is 72.2 Å². The van der Waals surface area contributed by atoms with E-state index in [9.17, 15) is 8.42 Å². The molecule has 24 heavy (non-hydrogen) atoms. The van der Waals surface area contributed by atoms with E-state index in [0.29, 0.717) is 5.69 Å². The van der Waals surface area contributed by atoms with Gasteiger partial charge in [-0.3, -0.25) is 0 Å². The first-order chi connectivity index (χ1) is 11.5. The van der Waals surface area contributed by atoms with Crippen LogP contribution >= 0.6 is 0 Å². The predicted molar refractivity (Wildman–Crippen MR) is 91.0 cm³/mol. The van der Waals surface area contributed by atoms with Gasteiger partial charge in [0.05, 0.1) is 6.04 Å². The van der Waals surface area contributed by atoms with Crippen LogP contribution in [0.5, 0.6) is 0 Å². The highest BCUT2D eigenvalue weighted by molar-refractivity contribution is 7.89. The molecule has 2 aromatic carbocycles. The van der Waals surface area contributed by atoms with Crippen molar-refractivity contribution in [2.75, 3.05) is 0 Å². The molecule has 0 bridgehead atoms. The van der Waals surface area contributed by atoms with E-state index >= 15 is 0 Å². The third kappa shape index (κ3) is 3.25. The van der Waals surface area contributed by atoms with Crippen LogP contribution in [0.4, 0.5) is 0 Å². The van der Waals surface area contributed by atoms with Gasteiger partial charge in [0.1, 0.15) is 10.6 Å². The van der Waals surface area contributed by atoms with Crippen molar-refractivity contribution < 1.29 is 12.9 Å². The molecular formula is C18H18N2O3S. The maximum atomic E-state index is 12.9. The number of benzene rings is 2. The van der Waals surface area contributed by atoms with E-state index in [0.717, 1.165) is 11.1 Å². The molecule has 0 radical (unpaired) electrons. The van der Waals surface area contributed by atoms with E-state index in [1.54, 1.807) is 13.8 Å². The first kappa shape index (κ1) is 16.4. The molecule has 0 saturated carbocycles. The smallest absolute Gasteiger partial charge is 0.246 e. The maximum absolute atomic E-state index is 12.9. The van der Waals surface area contributed by atoms with Gasteiger partial charge in [0.15, 0.2) is 5.76 Å². The van der Waals surface area contributed by atoms with Gasteiger partial charge in [0.25, 0.3) is 0 Å². The number of hydrogen-bond acceptors (Lipinski definition) is 4. The third-order valence-corrected chi connectivity index (χ3v) is 5.44. The average molecular weight is 342 g/mol. The van der Waals surface area contributed by atoms with E-state index in [-0.39, 0.29) is 10.7 Å². The summed E-state index contributed by atoms with van der Waals surface area (Å²) in [6.45, 7) is 3.21. The molecule has 0 fully saturated rings. The molecule has 1 aromatic heterocycles. The van der Waals surface area contributed by atoms with Crippen LogP contribution < -0.4 is 4.72 Å². The highest BCUT2D eigenvalue weighted by atomic mass is 32.2. The fraction of sp³-hybridized carbons (Fsp3) is 0.167. The molecule has 5 nitrogen and oxygen atoms in total. The van der Waals surface area contributed by atoms with Crippen LogP contribution in [0.25, 0.3) is 0 Å². The van der Waals surface area contributed by atoms with Gasteiger partial charge in [-0.05, 0) is 25.0 Å². The fourth-order valence-corrected chi connectivity index (χ4v) is 4.23. The number of aromatic nitrogens is 1. The summed E-state index contributed by atoms with van der Waals surface area (Å²) >= 11 is 0. The second-order valence-corrected chi connectivity index (χ2v) is 7.18. The lowest BCUT2D eigenvalue weighted by Crippen LogP contribution is -2.30. The van der Waals surface area contributed by atoms with Gasteiger partial charge in [0.2, 0.25) is 10.0 Å². The highest BCUT2D eigenvalue weighted by Gasteiger charge is 2.28. The van der Waals surface area contributed by atoms with Crippen molar-refractivity contribution in [2.24, 2.45) is 0 Å². The SMILES string of the molecule is Cc1noc(C)c1S(=O)(=O)NC(c1ccccc1)c1ccccc1. The molecule has 6 heteroatoms. The molecule has 0 saturated heterocycles. The number of nitrogens with zero attached hydrogens (tertiary/aromatic N) is 1. The summed E-state index contributed by atoms with van der Waals surface area (Å²) in [5.74, 6) is 0.278. The molecule has 1 heterocycles. The Bertz CT molecular complexity index is 860.